The van der Waals surface area contributed by atoms with Gasteiger partial charge in [-0.2, -0.15) is 13.2 Å². The Kier molecular flexibility index (Phi) is 3.46. The number of piperazine rings is 1. The smallest absolute Gasteiger partial charge is 0.322 e. The first-order chi connectivity index (χ1) is 8.00. The molecule has 7 heteroatoms. The first kappa shape index (κ1) is 12.5. The predicted molar refractivity (Wildman–Crippen MR) is 55.6 cm³/mol. The summed E-state index contributed by atoms with van der Waals surface area (Å²) in [7, 11) is 0. The van der Waals surface area contributed by atoms with Gasteiger partial charge >= 0.3 is 12.2 Å². The highest BCUT2D eigenvalue weighted by Gasteiger charge is 2.48. The molecule has 2 rings (SSSR count). The number of halogens is 3. The van der Waals surface area contributed by atoms with Crippen LogP contribution in [0.4, 0.5) is 18.0 Å². The molecule has 0 radical (unpaired) electrons. The fourth-order valence-corrected chi connectivity index (χ4v) is 2.37. The number of hydrogen-bond acceptors (Lipinski definition) is 2. The molecule has 98 valence electrons. The zero-order valence-electron chi connectivity index (χ0n) is 9.46. The molecular weight excluding hydrogens is 235 g/mol. The van der Waals surface area contributed by atoms with Crippen molar-refractivity contribution in [3.05, 3.63) is 0 Å². The minimum absolute atomic E-state index is 0.0291. The van der Waals surface area contributed by atoms with Gasteiger partial charge in [-0.15, -0.1) is 0 Å². The van der Waals surface area contributed by atoms with E-state index < -0.39 is 18.2 Å². The highest BCUT2D eigenvalue weighted by molar-refractivity contribution is 5.75. The zero-order chi connectivity index (χ0) is 12.5. The van der Waals surface area contributed by atoms with Gasteiger partial charge in [-0.1, -0.05) is 0 Å². The van der Waals surface area contributed by atoms with E-state index in [9.17, 15) is 18.0 Å². The number of rotatable bonds is 0. The van der Waals surface area contributed by atoms with Crippen LogP contribution >= 0.6 is 0 Å². The summed E-state index contributed by atoms with van der Waals surface area (Å²) in [4.78, 5) is 14.5. The maximum absolute atomic E-state index is 12.7. The lowest BCUT2D eigenvalue weighted by atomic mass is 10.2. The van der Waals surface area contributed by atoms with E-state index in [1.54, 1.807) is 0 Å². The van der Waals surface area contributed by atoms with Gasteiger partial charge in [0, 0.05) is 32.7 Å². The summed E-state index contributed by atoms with van der Waals surface area (Å²) in [6.07, 6.45) is -3.84. The number of nitrogens with one attached hydrogen (secondary N) is 1. The molecule has 1 atom stereocenters. The topological polar surface area (TPSA) is 35.6 Å². The zero-order valence-corrected chi connectivity index (χ0v) is 9.46. The molecule has 0 bridgehead atoms. The first-order valence-electron chi connectivity index (χ1n) is 5.83. The summed E-state index contributed by atoms with van der Waals surface area (Å²) in [6, 6.07) is -2.06. The van der Waals surface area contributed by atoms with Crippen molar-refractivity contribution in [2.24, 2.45) is 0 Å². The molecule has 0 aliphatic carbocycles. The largest absolute Gasteiger partial charge is 0.408 e. The van der Waals surface area contributed by atoms with E-state index in [0.717, 1.165) is 4.90 Å². The molecular formula is C10H16F3N3O. The van der Waals surface area contributed by atoms with Gasteiger partial charge in [0.2, 0.25) is 0 Å². The van der Waals surface area contributed by atoms with E-state index in [1.807, 2.05) is 0 Å². The van der Waals surface area contributed by atoms with Crippen molar-refractivity contribution in [2.75, 3.05) is 32.7 Å². The number of likely N-dealkylation sites (tertiary alicyclic amines) is 1. The van der Waals surface area contributed by atoms with Crippen LogP contribution in [0.2, 0.25) is 0 Å². The van der Waals surface area contributed by atoms with Gasteiger partial charge in [0.15, 0.2) is 0 Å². The van der Waals surface area contributed by atoms with Crippen molar-refractivity contribution in [1.82, 2.24) is 15.1 Å². The van der Waals surface area contributed by atoms with Crippen LogP contribution in [0.25, 0.3) is 0 Å². The van der Waals surface area contributed by atoms with Crippen LogP contribution in [0.3, 0.4) is 0 Å². The summed E-state index contributed by atoms with van der Waals surface area (Å²) < 4.78 is 38.1. The number of carbonyl (C=O) groups excluding carboxylic acids is 1. The summed E-state index contributed by atoms with van der Waals surface area (Å²) in [5.41, 5.74) is 0. The quantitative estimate of drug-likeness (QED) is 0.698. The summed E-state index contributed by atoms with van der Waals surface area (Å²) in [5.74, 6) is 0. The average Bonchev–Trinajstić information content (AvgIpc) is 2.78. The normalized spacial score (nSPS) is 26.4. The second-order valence-corrected chi connectivity index (χ2v) is 4.41. The van der Waals surface area contributed by atoms with Gasteiger partial charge < -0.3 is 15.1 Å². The lowest BCUT2D eigenvalue weighted by molar-refractivity contribution is -0.170. The van der Waals surface area contributed by atoms with Crippen molar-refractivity contribution in [3.8, 4) is 0 Å². The van der Waals surface area contributed by atoms with Gasteiger partial charge in [-0.25, -0.2) is 4.79 Å². The second-order valence-electron chi connectivity index (χ2n) is 4.41. The summed E-state index contributed by atoms with van der Waals surface area (Å²) in [6.45, 7) is 2.49. The third kappa shape index (κ3) is 2.65. The molecule has 0 aromatic heterocycles. The molecule has 2 saturated heterocycles. The van der Waals surface area contributed by atoms with Gasteiger partial charge in [0.25, 0.3) is 0 Å². The maximum Gasteiger partial charge on any atom is 0.408 e. The second kappa shape index (κ2) is 4.72. The van der Waals surface area contributed by atoms with Crippen molar-refractivity contribution in [2.45, 2.75) is 25.1 Å². The van der Waals surface area contributed by atoms with E-state index in [1.165, 1.54) is 4.90 Å². The molecule has 2 fully saturated rings. The van der Waals surface area contributed by atoms with E-state index in [-0.39, 0.29) is 13.0 Å². The molecule has 0 aromatic rings. The molecule has 1 N–H and O–H groups in total. The van der Waals surface area contributed by atoms with Crippen molar-refractivity contribution in [3.63, 3.8) is 0 Å². The Morgan fingerprint density at radius 1 is 1.18 bits per heavy atom. The third-order valence-electron chi connectivity index (χ3n) is 3.26. The molecule has 2 amide bonds. The maximum atomic E-state index is 12.7. The number of hydrogen-bond donors (Lipinski definition) is 1. The van der Waals surface area contributed by atoms with Crippen molar-refractivity contribution in [1.29, 1.82) is 0 Å². The van der Waals surface area contributed by atoms with Crippen LogP contribution in [-0.4, -0.2) is 60.8 Å². The molecule has 0 unspecified atom stereocenters. The Morgan fingerprint density at radius 3 is 2.41 bits per heavy atom. The molecule has 0 saturated carbocycles. The number of nitrogens with zero attached hydrogens (tertiary/aromatic N) is 2. The van der Waals surface area contributed by atoms with Gasteiger partial charge in [0.05, 0.1) is 0 Å². The Morgan fingerprint density at radius 2 is 1.82 bits per heavy atom. The first-order valence-corrected chi connectivity index (χ1v) is 5.83. The Hall–Kier alpha value is -0.980. The van der Waals surface area contributed by atoms with E-state index in [2.05, 4.69) is 5.32 Å². The highest BCUT2D eigenvalue weighted by atomic mass is 19.4. The lowest BCUT2D eigenvalue weighted by Crippen LogP contribution is -2.54. The number of carbonyl (C=O) groups is 1. The van der Waals surface area contributed by atoms with Gasteiger partial charge in [-0.3, -0.25) is 0 Å². The lowest BCUT2D eigenvalue weighted by Gasteiger charge is -2.34. The fraction of sp³-hybridized carbons (Fsp3) is 0.900. The van der Waals surface area contributed by atoms with E-state index in [0.29, 0.717) is 32.6 Å². The minimum atomic E-state index is -4.31. The van der Waals surface area contributed by atoms with Crippen molar-refractivity contribution >= 4 is 6.03 Å². The minimum Gasteiger partial charge on any atom is -0.322 e. The number of alkyl halides is 3. The number of amides is 2. The van der Waals surface area contributed by atoms with Crippen LogP contribution in [0.15, 0.2) is 0 Å². The average molecular weight is 251 g/mol. The van der Waals surface area contributed by atoms with Crippen molar-refractivity contribution < 1.29 is 18.0 Å². The molecule has 0 aromatic carbocycles. The standard InChI is InChI=1S/C10H16F3N3O/c11-10(12,13)8-2-1-5-16(8)9(17)15-6-3-14-4-7-15/h8,14H,1-7H2/t8-/m1/s1. The van der Waals surface area contributed by atoms with Crippen LogP contribution in [0, 0.1) is 0 Å². The highest BCUT2D eigenvalue weighted by Crippen LogP contribution is 2.33. The molecule has 17 heavy (non-hydrogen) atoms. The molecule has 2 heterocycles. The molecule has 0 spiro atoms. The molecule has 4 nitrogen and oxygen atoms in total. The molecule has 2 aliphatic rings. The van der Waals surface area contributed by atoms with Gasteiger partial charge in [-0.05, 0) is 12.8 Å². The summed E-state index contributed by atoms with van der Waals surface area (Å²) >= 11 is 0. The Balaban J connectivity index is 2.02. The fourth-order valence-electron chi connectivity index (χ4n) is 2.37. The van der Waals surface area contributed by atoms with Gasteiger partial charge in [0.1, 0.15) is 6.04 Å². The van der Waals surface area contributed by atoms with Crippen LogP contribution in [0.5, 0.6) is 0 Å². The van der Waals surface area contributed by atoms with E-state index in [4.69, 9.17) is 0 Å². The molecule has 2 aliphatic heterocycles. The number of urea groups is 1. The Labute approximate surface area is 97.7 Å². The van der Waals surface area contributed by atoms with Crippen LogP contribution in [0.1, 0.15) is 12.8 Å². The summed E-state index contributed by atoms with van der Waals surface area (Å²) in [5, 5.41) is 3.07. The van der Waals surface area contributed by atoms with Crippen LogP contribution in [-0.2, 0) is 0 Å². The Bertz CT molecular complexity index is 289. The SMILES string of the molecule is O=C(N1CCNCC1)N1CCC[C@@H]1C(F)(F)F. The third-order valence-corrected chi connectivity index (χ3v) is 3.26. The monoisotopic (exact) mass is 251 g/mol. The van der Waals surface area contributed by atoms with Crippen LogP contribution < -0.4 is 5.32 Å². The van der Waals surface area contributed by atoms with E-state index >= 15 is 0 Å². The predicted octanol–water partition coefficient (Wildman–Crippen LogP) is 1.04.